The van der Waals surface area contributed by atoms with Crippen LogP contribution in [0.2, 0.25) is 0 Å². The second-order valence-corrected chi connectivity index (χ2v) is 5.01. The maximum atomic E-state index is 9.20. The molecule has 0 bridgehead atoms. The topological polar surface area (TPSA) is 50.7 Å². The summed E-state index contributed by atoms with van der Waals surface area (Å²) in [4.78, 5) is 0. The molecule has 0 fully saturated rings. The van der Waals surface area contributed by atoms with Crippen molar-refractivity contribution in [2.24, 2.45) is 0 Å². The molecule has 0 amide bonds. The third-order valence-electron chi connectivity index (χ3n) is 2.74. The van der Waals surface area contributed by atoms with E-state index in [4.69, 9.17) is 9.47 Å². The van der Waals surface area contributed by atoms with Crippen molar-refractivity contribution in [2.75, 3.05) is 13.7 Å². The summed E-state index contributed by atoms with van der Waals surface area (Å²) in [5.41, 5.74) is 1.16. The van der Waals surface area contributed by atoms with Crippen LogP contribution in [-0.2, 0) is 6.54 Å². The molecule has 2 N–H and O–H groups in total. The Hall–Kier alpha value is -1.26. The van der Waals surface area contributed by atoms with Gasteiger partial charge in [0, 0.05) is 19.0 Å². The standard InChI is InChI=1S/C15H25NO3/c1-11(2)16-10-13-5-6-14(15(9-13)18-4)19-8-7-12(3)17/h5-6,9,11-12,16-17H,7-8,10H2,1-4H3. The Kier molecular flexibility index (Phi) is 6.67. The van der Waals surface area contributed by atoms with Crippen LogP contribution in [0.15, 0.2) is 18.2 Å². The average molecular weight is 267 g/mol. The fourth-order valence-electron chi connectivity index (χ4n) is 1.60. The number of benzene rings is 1. The smallest absolute Gasteiger partial charge is 0.161 e. The molecule has 0 spiro atoms. The number of aliphatic hydroxyl groups is 1. The summed E-state index contributed by atoms with van der Waals surface area (Å²) in [6.07, 6.45) is 0.264. The van der Waals surface area contributed by atoms with E-state index in [1.54, 1.807) is 14.0 Å². The summed E-state index contributed by atoms with van der Waals surface area (Å²) in [5.74, 6) is 1.45. The minimum Gasteiger partial charge on any atom is -0.493 e. The van der Waals surface area contributed by atoms with Crippen LogP contribution in [0.25, 0.3) is 0 Å². The highest BCUT2D eigenvalue weighted by atomic mass is 16.5. The van der Waals surface area contributed by atoms with Gasteiger partial charge >= 0.3 is 0 Å². The molecule has 1 aromatic carbocycles. The summed E-state index contributed by atoms with van der Waals surface area (Å²) in [6.45, 7) is 7.27. The first kappa shape index (κ1) is 15.8. The highest BCUT2D eigenvalue weighted by Gasteiger charge is 2.07. The van der Waals surface area contributed by atoms with E-state index >= 15 is 0 Å². The van der Waals surface area contributed by atoms with Crippen molar-refractivity contribution >= 4 is 0 Å². The van der Waals surface area contributed by atoms with Crippen LogP contribution in [0.4, 0.5) is 0 Å². The molecule has 0 aliphatic carbocycles. The molecule has 1 rings (SSSR count). The average Bonchev–Trinajstić information content (AvgIpc) is 2.36. The van der Waals surface area contributed by atoms with Gasteiger partial charge in [-0.3, -0.25) is 0 Å². The first-order valence-electron chi connectivity index (χ1n) is 6.74. The molecule has 108 valence electrons. The Morgan fingerprint density at radius 3 is 2.53 bits per heavy atom. The van der Waals surface area contributed by atoms with Crippen LogP contribution in [0.3, 0.4) is 0 Å². The van der Waals surface area contributed by atoms with Gasteiger partial charge in [-0.1, -0.05) is 19.9 Å². The van der Waals surface area contributed by atoms with Crippen LogP contribution < -0.4 is 14.8 Å². The van der Waals surface area contributed by atoms with Gasteiger partial charge < -0.3 is 19.9 Å². The molecule has 1 atom stereocenters. The van der Waals surface area contributed by atoms with Gasteiger partial charge in [0.15, 0.2) is 11.5 Å². The molecule has 1 unspecified atom stereocenters. The van der Waals surface area contributed by atoms with Gasteiger partial charge in [0.05, 0.1) is 19.8 Å². The minimum absolute atomic E-state index is 0.347. The summed E-state index contributed by atoms with van der Waals surface area (Å²) < 4.78 is 10.9. The lowest BCUT2D eigenvalue weighted by atomic mass is 10.2. The van der Waals surface area contributed by atoms with Crippen LogP contribution in [-0.4, -0.2) is 31.0 Å². The maximum absolute atomic E-state index is 9.20. The number of nitrogens with one attached hydrogen (secondary N) is 1. The Morgan fingerprint density at radius 2 is 1.95 bits per heavy atom. The van der Waals surface area contributed by atoms with Crippen LogP contribution >= 0.6 is 0 Å². The number of hydrogen-bond donors (Lipinski definition) is 2. The SMILES string of the molecule is COc1cc(CNC(C)C)ccc1OCCC(C)O. The van der Waals surface area contributed by atoms with Crippen LogP contribution in [0, 0.1) is 0 Å². The zero-order valence-corrected chi connectivity index (χ0v) is 12.3. The normalized spacial score (nSPS) is 12.5. The van der Waals surface area contributed by atoms with E-state index in [0.717, 1.165) is 23.6 Å². The fraction of sp³-hybridized carbons (Fsp3) is 0.600. The highest BCUT2D eigenvalue weighted by Crippen LogP contribution is 2.28. The fourth-order valence-corrected chi connectivity index (χ4v) is 1.60. The molecule has 0 heterocycles. The van der Waals surface area contributed by atoms with E-state index in [-0.39, 0.29) is 6.10 Å². The Bertz CT molecular complexity index is 378. The molecule has 0 aromatic heterocycles. The van der Waals surface area contributed by atoms with Crippen LogP contribution in [0.1, 0.15) is 32.8 Å². The van der Waals surface area contributed by atoms with Gasteiger partial charge in [0.1, 0.15) is 0 Å². The van der Waals surface area contributed by atoms with Crippen molar-refractivity contribution in [1.82, 2.24) is 5.32 Å². The van der Waals surface area contributed by atoms with Crippen molar-refractivity contribution in [3.63, 3.8) is 0 Å². The van der Waals surface area contributed by atoms with E-state index in [1.165, 1.54) is 0 Å². The predicted octanol–water partition coefficient (Wildman–Crippen LogP) is 2.34. The summed E-state index contributed by atoms with van der Waals surface area (Å²) >= 11 is 0. The third kappa shape index (κ3) is 5.94. The van der Waals surface area contributed by atoms with Gasteiger partial charge in [-0.05, 0) is 24.6 Å². The predicted molar refractivity (Wildman–Crippen MR) is 76.8 cm³/mol. The minimum atomic E-state index is -0.347. The molecule has 0 aliphatic rings. The van der Waals surface area contributed by atoms with Crippen LogP contribution in [0.5, 0.6) is 11.5 Å². The number of hydrogen-bond acceptors (Lipinski definition) is 4. The molecule has 1 aromatic rings. The number of methoxy groups -OCH3 is 1. The van der Waals surface area contributed by atoms with E-state index < -0.39 is 0 Å². The molecule has 0 saturated heterocycles. The van der Waals surface area contributed by atoms with Crippen molar-refractivity contribution < 1.29 is 14.6 Å². The van der Waals surface area contributed by atoms with Gasteiger partial charge in [-0.25, -0.2) is 0 Å². The lowest BCUT2D eigenvalue weighted by Gasteiger charge is -2.14. The van der Waals surface area contributed by atoms with Gasteiger partial charge in [0.2, 0.25) is 0 Å². The van der Waals surface area contributed by atoms with E-state index in [0.29, 0.717) is 19.1 Å². The van der Waals surface area contributed by atoms with E-state index in [1.807, 2.05) is 18.2 Å². The van der Waals surface area contributed by atoms with Gasteiger partial charge in [0.25, 0.3) is 0 Å². The molecule has 19 heavy (non-hydrogen) atoms. The molecular formula is C15H25NO3. The van der Waals surface area contributed by atoms with Crippen molar-refractivity contribution in [3.05, 3.63) is 23.8 Å². The summed E-state index contributed by atoms with van der Waals surface area (Å²) in [6, 6.07) is 6.37. The first-order valence-corrected chi connectivity index (χ1v) is 6.74. The Labute approximate surface area is 115 Å². The lowest BCUT2D eigenvalue weighted by molar-refractivity contribution is 0.154. The molecule has 4 nitrogen and oxygen atoms in total. The number of ether oxygens (including phenoxy) is 2. The lowest BCUT2D eigenvalue weighted by Crippen LogP contribution is -2.21. The van der Waals surface area contributed by atoms with Crippen molar-refractivity contribution in [2.45, 2.75) is 45.9 Å². The molecular weight excluding hydrogens is 242 g/mol. The number of rotatable bonds is 8. The Morgan fingerprint density at radius 1 is 1.21 bits per heavy atom. The third-order valence-corrected chi connectivity index (χ3v) is 2.74. The van der Waals surface area contributed by atoms with E-state index in [2.05, 4.69) is 19.2 Å². The Balaban J connectivity index is 2.62. The monoisotopic (exact) mass is 267 g/mol. The van der Waals surface area contributed by atoms with Gasteiger partial charge in [-0.15, -0.1) is 0 Å². The first-order chi connectivity index (χ1) is 9.02. The largest absolute Gasteiger partial charge is 0.493 e. The maximum Gasteiger partial charge on any atom is 0.161 e. The molecule has 0 aliphatic heterocycles. The van der Waals surface area contributed by atoms with Crippen molar-refractivity contribution in [3.8, 4) is 11.5 Å². The summed E-state index contributed by atoms with van der Waals surface area (Å²) in [7, 11) is 1.64. The molecule has 0 saturated carbocycles. The zero-order chi connectivity index (χ0) is 14.3. The zero-order valence-electron chi connectivity index (χ0n) is 12.3. The quantitative estimate of drug-likeness (QED) is 0.759. The second-order valence-electron chi connectivity index (χ2n) is 5.01. The summed E-state index contributed by atoms with van der Waals surface area (Å²) in [5, 5.41) is 12.6. The second kappa shape index (κ2) is 8.02. The number of aliphatic hydroxyl groups excluding tert-OH is 1. The van der Waals surface area contributed by atoms with Gasteiger partial charge in [-0.2, -0.15) is 0 Å². The molecule has 4 heteroatoms. The van der Waals surface area contributed by atoms with E-state index in [9.17, 15) is 5.11 Å². The molecule has 0 radical (unpaired) electrons. The van der Waals surface area contributed by atoms with Crippen molar-refractivity contribution in [1.29, 1.82) is 0 Å². The highest BCUT2D eigenvalue weighted by molar-refractivity contribution is 5.42.